The predicted molar refractivity (Wildman–Crippen MR) is 93.0 cm³/mol. The molecule has 0 fully saturated rings. The molecule has 0 spiro atoms. The third-order valence-electron chi connectivity index (χ3n) is 3.05. The van der Waals surface area contributed by atoms with Crippen molar-refractivity contribution in [3.05, 3.63) is 34.9 Å². The molecule has 8 heteroatoms. The van der Waals surface area contributed by atoms with E-state index in [1.165, 1.54) is 0 Å². The molecule has 0 aliphatic carbocycles. The molecule has 0 saturated carbocycles. The van der Waals surface area contributed by atoms with Gasteiger partial charge in [0.25, 0.3) is 5.91 Å². The van der Waals surface area contributed by atoms with Crippen LogP contribution in [0.5, 0.6) is 0 Å². The molecule has 1 unspecified atom stereocenters. The van der Waals surface area contributed by atoms with Crippen LogP contribution in [0.4, 0.5) is 0 Å². The number of hydrazine groups is 1. The first kappa shape index (κ1) is 19.8. The van der Waals surface area contributed by atoms with E-state index in [4.69, 9.17) is 17.3 Å². The number of nitrogens with one attached hydrogen (secondary N) is 2. The maximum atomic E-state index is 11.7. The highest BCUT2D eigenvalue weighted by atomic mass is 35.5. The Labute approximate surface area is 145 Å². The zero-order valence-electron chi connectivity index (χ0n) is 12.9. The highest BCUT2D eigenvalue weighted by molar-refractivity contribution is 7.99. The number of amides is 2. The first-order chi connectivity index (χ1) is 10.9. The molecular weight excluding hydrogens is 338 g/mol. The predicted octanol–water partition coefficient (Wildman–Crippen LogP) is 0.861. The van der Waals surface area contributed by atoms with Crippen molar-refractivity contribution in [3.63, 3.8) is 0 Å². The lowest BCUT2D eigenvalue weighted by atomic mass is 10.1. The van der Waals surface area contributed by atoms with E-state index in [9.17, 15) is 14.7 Å². The number of rotatable bonds is 8. The van der Waals surface area contributed by atoms with Crippen molar-refractivity contribution in [1.82, 2.24) is 10.9 Å². The second-order valence-corrected chi connectivity index (χ2v) is 6.77. The third-order valence-corrected chi connectivity index (χ3v) is 4.22. The Morgan fingerprint density at radius 3 is 2.78 bits per heavy atom. The van der Waals surface area contributed by atoms with E-state index in [-0.39, 0.29) is 6.42 Å². The van der Waals surface area contributed by atoms with Gasteiger partial charge in [-0.25, -0.2) is 0 Å². The number of carbonyl (C=O) groups excluding carboxylic acids is 2. The summed E-state index contributed by atoms with van der Waals surface area (Å²) in [6.45, 7) is 2.02. The summed E-state index contributed by atoms with van der Waals surface area (Å²) in [6.07, 6.45) is -0.779. The first-order valence-electron chi connectivity index (χ1n) is 7.28. The summed E-state index contributed by atoms with van der Waals surface area (Å²) in [7, 11) is 0. The molecule has 5 N–H and O–H groups in total. The van der Waals surface area contributed by atoms with Gasteiger partial charge in [-0.15, -0.1) is 0 Å². The lowest BCUT2D eigenvalue weighted by Gasteiger charge is -2.18. The van der Waals surface area contributed by atoms with Crippen LogP contribution in [0.3, 0.4) is 0 Å². The van der Waals surface area contributed by atoms with Crippen LogP contribution in [0.25, 0.3) is 0 Å². The normalized spacial score (nSPS) is 13.2. The van der Waals surface area contributed by atoms with Crippen molar-refractivity contribution >= 4 is 35.2 Å². The Kier molecular flexibility index (Phi) is 9.01. The Morgan fingerprint density at radius 1 is 1.39 bits per heavy atom. The average Bonchev–Trinajstić information content (AvgIpc) is 2.52. The number of carbonyl (C=O) groups is 2. The summed E-state index contributed by atoms with van der Waals surface area (Å²) in [4.78, 5) is 23.5. The summed E-state index contributed by atoms with van der Waals surface area (Å²) >= 11 is 7.52. The molecule has 23 heavy (non-hydrogen) atoms. The Hall–Kier alpha value is -1.28. The number of thioether (sulfide) groups is 1. The van der Waals surface area contributed by atoms with Crippen LogP contribution >= 0.6 is 23.4 Å². The van der Waals surface area contributed by atoms with Crippen LogP contribution in [-0.2, 0) is 16.0 Å². The van der Waals surface area contributed by atoms with Crippen molar-refractivity contribution in [1.29, 1.82) is 0 Å². The van der Waals surface area contributed by atoms with E-state index in [1.807, 2.05) is 6.92 Å². The number of hydrogen-bond acceptors (Lipinski definition) is 5. The third kappa shape index (κ3) is 7.69. The van der Waals surface area contributed by atoms with E-state index >= 15 is 0 Å². The van der Waals surface area contributed by atoms with Crippen molar-refractivity contribution in [2.45, 2.75) is 31.9 Å². The van der Waals surface area contributed by atoms with E-state index in [0.29, 0.717) is 11.4 Å². The van der Waals surface area contributed by atoms with Gasteiger partial charge in [0, 0.05) is 11.1 Å². The topological polar surface area (TPSA) is 104 Å². The number of aliphatic hydroxyl groups is 1. The second-order valence-electron chi connectivity index (χ2n) is 4.94. The molecule has 128 valence electrons. The molecule has 0 heterocycles. The zero-order valence-corrected chi connectivity index (χ0v) is 14.5. The fourth-order valence-corrected chi connectivity index (χ4v) is 2.74. The maximum absolute atomic E-state index is 11.7. The largest absolute Gasteiger partial charge is 0.382 e. The lowest BCUT2D eigenvalue weighted by molar-refractivity contribution is -0.134. The fourth-order valence-electron chi connectivity index (χ4n) is 1.80. The molecule has 0 radical (unpaired) electrons. The molecule has 1 aromatic carbocycles. The molecule has 6 nitrogen and oxygen atoms in total. The van der Waals surface area contributed by atoms with Gasteiger partial charge in [0.1, 0.15) is 6.10 Å². The van der Waals surface area contributed by atoms with E-state index in [2.05, 4.69) is 10.9 Å². The van der Waals surface area contributed by atoms with Crippen molar-refractivity contribution < 1.29 is 14.7 Å². The summed E-state index contributed by atoms with van der Waals surface area (Å²) in [5.74, 6) is 0.582. The zero-order chi connectivity index (χ0) is 17.2. The molecule has 0 aromatic heterocycles. The summed E-state index contributed by atoms with van der Waals surface area (Å²) in [5.41, 5.74) is 10.9. The van der Waals surface area contributed by atoms with Crippen molar-refractivity contribution in [3.8, 4) is 0 Å². The minimum atomic E-state index is -1.36. The van der Waals surface area contributed by atoms with Crippen LogP contribution in [-0.4, -0.2) is 40.6 Å². The van der Waals surface area contributed by atoms with Gasteiger partial charge in [-0.05, 0) is 35.6 Å². The van der Waals surface area contributed by atoms with Crippen molar-refractivity contribution in [2.24, 2.45) is 5.73 Å². The highest BCUT2D eigenvalue weighted by Crippen LogP contribution is 2.10. The molecule has 0 saturated heterocycles. The molecule has 0 aliphatic rings. The molecule has 2 amide bonds. The van der Waals surface area contributed by atoms with Gasteiger partial charge in [-0.1, -0.05) is 30.7 Å². The lowest BCUT2D eigenvalue weighted by Crippen LogP contribution is -2.52. The average molecular weight is 360 g/mol. The summed E-state index contributed by atoms with van der Waals surface area (Å²) < 4.78 is 0. The smallest absolute Gasteiger partial charge is 0.268 e. The van der Waals surface area contributed by atoms with Crippen LogP contribution in [0.1, 0.15) is 18.9 Å². The van der Waals surface area contributed by atoms with Gasteiger partial charge >= 0.3 is 0 Å². The maximum Gasteiger partial charge on any atom is 0.268 e. The van der Waals surface area contributed by atoms with Gasteiger partial charge in [-0.3, -0.25) is 20.4 Å². The number of aliphatic hydroxyl groups excluding tert-OH is 1. The van der Waals surface area contributed by atoms with Crippen molar-refractivity contribution in [2.75, 3.05) is 11.5 Å². The second kappa shape index (κ2) is 10.5. The van der Waals surface area contributed by atoms with E-state index in [1.54, 1.807) is 36.0 Å². The molecular formula is C15H22ClN3O3S. The molecule has 0 bridgehead atoms. The Balaban J connectivity index is 2.35. The summed E-state index contributed by atoms with van der Waals surface area (Å²) in [5, 5.41) is 10.3. The highest BCUT2D eigenvalue weighted by Gasteiger charge is 2.22. The minimum absolute atomic E-state index is 0.0656. The van der Waals surface area contributed by atoms with Crippen LogP contribution in [0.15, 0.2) is 24.3 Å². The van der Waals surface area contributed by atoms with E-state index < -0.39 is 24.0 Å². The first-order valence-corrected chi connectivity index (χ1v) is 8.81. The molecule has 1 aromatic rings. The Bertz CT molecular complexity index is 530. The molecule has 0 aliphatic heterocycles. The SMILES string of the molecule is CCSCC[C@@H](N)C(O)C(=O)NNC(=O)Cc1cccc(Cl)c1. The van der Waals surface area contributed by atoms with Gasteiger partial charge in [0.2, 0.25) is 5.91 Å². The fraction of sp³-hybridized carbons (Fsp3) is 0.467. The Morgan fingerprint density at radius 2 is 2.13 bits per heavy atom. The quantitative estimate of drug-likeness (QED) is 0.407. The van der Waals surface area contributed by atoms with Crippen LogP contribution < -0.4 is 16.6 Å². The number of nitrogens with two attached hydrogens (primary N) is 1. The van der Waals surface area contributed by atoms with Crippen LogP contribution in [0.2, 0.25) is 5.02 Å². The summed E-state index contributed by atoms with van der Waals surface area (Å²) in [6, 6.07) is 6.20. The van der Waals surface area contributed by atoms with Gasteiger partial charge in [0.15, 0.2) is 0 Å². The number of benzene rings is 1. The standard InChI is InChI=1S/C15H22ClN3O3S/c1-2-23-7-6-12(17)14(21)15(22)19-18-13(20)9-10-4-3-5-11(16)8-10/h3-5,8,12,14,21H,2,6-7,9,17H2,1H3,(H,18,20)(H,19,22)/t12-,14?/m1/s1. The monoisotopic (exact) mass is 359 g/mol. The molecule has 2 atom stereocenters. The number of hydrogen-bond donors (Lipinski definition) is 4. The minimum Gasteiger partial charge on any atom is -0.382 e. The van der Waals surface area contributed by atoms with Gasteiger partial charge in [0.05, 0.1) is 6.42 Å². The van der Waals surface area contributed by atoms with Crippen LogP contribution in [0, 0.1) is 0 Å². The van der Waals surface area contributed by atoms with Gasteiger partial charge < -0.3 is 10.8 Å². The molecule has 1 rings (SSSR count). The number of halogens is 1. The van der Waals surface area contributed by atoms with Gasteiger partial charge in [-0.2, -0.15) is 11.8 Å². The van der Waals surface area contributed by atoms with E-state index in [0.717, 1.165) is 17.1 Å².